The maximum atomic E-state index is 10.7. The molecule has 0 spiro atoms. The number of furan rings is 1. The van der Waals surface area contributed by atoms with E-state index in [0.29, 0.717) is 0 Å². The van der Waals surface area contributed by atoms with Crippen molar-refractivity contribution in [3.63, 3.8) is 0 Å². The molecule has 64 valence electrons. The van der Waals surface area contributed by atoms with Crippen molar-refractivity contribution in [2.45, 2.75) is 0 Å². The molecule has 5 heteroatoms. The van der Waals surface area contributed by atoms with Crippen molar-refractivity contribution in [1.82, 2.24) is 0 Å². The van der Waals surface area contributed by atoms with E-state index in [2.05, 4.69) is 9.99 Å². The first kappa shape index (κ1) is 8.80. The zero-order chi connectivity index (χ0) is 8.97. The molecule has 0 bridgehead atoms. The second kappa shape index (κ2) is 3.92. The first-order chi connectivity index (χ1) is 5.75. The largest absolute Gasteiger partial charge is 0.462 e. The van der Waals surface area contributed by atoms with Crippen LogP contribution in [0, 0.1) is 0 Å². The lowest BCUT2D eigenvalue weighted by Gasteiger charge is -1.93. The van der Waals surface area contributed by atoms with Crippen LogP contribution in [0.2, 0.25) is 0 Å². The van der Waals surface area contributed by atoms with Crippen LogP contribution in [0.15, 0.2) is 28.0 Å². The molecule has 0 saturated heterocycles. The second-order valence-electron chi connectivity index (χ2n) is 1.87. The summed E-state index contributed by atoms with van der Waals surface area (Å²) in [6, 6.07) is 3.19. The molecular formula is C7H6ClNO3. The summed E-state index contributed by atoms with van der Waals surface area (Å²) in [6.45, 7) is 0. The van der Waals surface area contributed by atoms with Gasteiger partial charge in [-0.3, -0.25) is 4.79 Å². The molecule has 0 amide bonds. The smallest absolute Gasteiger partial charge is 0.278 e. The zero-order valence-corrected chi connectivity index (χ0v) is 7.04. The van der Waals surface area contributed by atoms with Crippen molar-refractivity contribution in [2.24, 2.45) is 5.16 Å². The van der Waals surface area contributed by atoms with Gasteiger partial charge in [-0.1, -0.05) is 5.16 Å². The molecule has 12 heavy (non-hydrogen) atoms. The molecule has 1 aromatic heterocycles. The molecule has 0 atom stereocenters. The number of halogens is 1. The van der Waals surface area contributed by atoms with E-state index in [-0.39, 0.29) is 11.5 Å². The topological polar surface area (TPSA) is 51.8 Å². The number of nitrogens with zero attached hydrogens (tertiary/aromatic N) is 1. The van der Waals surface area contributed by atoms with Crippen LogP contribution in [0.4, 0.5) is 0 Å². The van der Waals surface area contributed by atoms with Crippen LogP contribution in [0.25, 0.3) is 0 Å². The molecule has 0 aromatic carbocycles. The van der Waals surface area contributed by atoms with E-state index in [4.69, 9.17) is 16.0 Å². The van der Waals surface area contributed by atoms with Crippen molar-refractivity contribution in [1.29, 1.82) is 0 Å². The molecule has 1 rings (SSSR count). The predicted molar refractivity (Wildman–Crippen MR) is 43.1 cm³/mol. The van der Waals surface area contributed by atoms with Gasteiger partial charge in [-0.15, -0.1) is 0 Å². The third kappa shape index (κ3) is 1.85. The highest BCUT2D eigenvalue weighted by Crippen LogP contribution is 2.05. The molecular weight excluding hydrogens is 182 g/mol. The van der Waals surface area contributed by atoms with Gasteiger partial charge < -0.3 is 9.25 Å². The van der Waals surface area contributed by atoms with Crippen LogP contribution >= 0.6 is 11.6 Å². The van der Waals surface area contributed by atoms with E-state index >= 15 is 0 Å². The van der Waals surface area contributed by atoms with Gasteiger partial charge in [0, 0.05) is 0 Å². The number of carbonyl (C=O) groups excluding carboxylic acids is 1. The molecule has 0 aliphatic carbocycles. The van der Waals surface area contributed by atoms with E-state index in [1.807, 2.05) is 0 Å². The van der Waals surface area contributed by atoms with E-state index in [0.717, 1.165) is 0 Å². The highest BCUT2D eigenvalue weighted by atomic mass is 35.5. The fourth-order valence-corrected chi connectivity index (χ4v) is 0.810. The van der Waals surface area contributed by atoms with Crippen LogP contribution in [0.3, 0.4) is 0 Å². The van der Waals surface area contributed by atoms with Gasteiger partial charge in [0.15, 0.2) is 5.76 Å². The highest BCUT2D eigenvalue weighted by Gasteiger charge is 2.14. The van der Waals surface area contributed by atoms with Gasteiger partial charge in [0.25, 0.3) is 5.24 Å². The van der Waals surface area contributed by atoms with Crippen molar-refractivity contribution in [2.75, 3.05) is 7.11 Å². The minimum absolute atomic E-state index is 0.0378. The van der Waals surface area contributed by atoms with E-state index in [9.17, 15) is 4.79 Å². The fourth-order valence-electron chi connectivity index (χ4n) is 0.682. The lowest BCUT2D eigenvalue weighted by Crippen LogP contribution is -2.08. The number of hydrogen-bond acceptors (Lipinski definition) is 4. The normalized spacial score (nSPS) is 11.3. The van der Waals surface area contributed by atoms with Gasteiger partial charge >= 0.3 is 0 Å². The van der Waals surface area contributed by atoms with Gasteiger partial charge in [-0.05, 0) is 23.7 Å². The fraction of sp³-hybridized carbons (Fsp3) is 0.143. The summed E-state index contributed by atoms with van der Waals surface area (Å²) in [5, 5.41) is 2.69. The van der Waals surface area contributed by atoms with Crippen LogP contribution in [0.1, 0.15) is 5.76 Å². The van der Waals surface area contributed by atoms with Crippen molar-refractivity contribution in [3.8, 4) is 0 Å². The lowest BCUT2D eigenvalue weighted by atomic mass is 10.3. The Labute approximate surface area is 73.7 Å². The van der Waals surface area contributed by atoms with Crippen LogP contribution in [-0.2, 0) is 9.63 Å². The monoisotopic (exact) mass is 187 g/mol. The average molecular weight is 188 g/mol. The summed E-state index contributed by atoms with van der Waals surface area (Å²) in [7, 11) is 1.32. The van der Waals surface area contributed by atoms with E-state index < -0.39 is 5.24 Å². The lowest BCUT2D eigenvalue weighted by molar-refractivity contribution is -0.106. The zero-order valence-electron chi connectivity index (χ0n) is 6.28. The standard InChI is InChI=1S/C7H6ClNO3/c1-11-9-6(7(8)10)5-3-2-4-12-5/h2-4H,1H3. The van der Waals surface area contributed by atoms with Crippen LogP contribution in [-0.4, -0.2) is 18.1 Å². The Morgan fingerprint density at radius 2 is 2.50 bits per heavy atom. The summed E-state index contributed by atoms with van der Waals surface area (Å²) < 4.78 is 4.89. The molecule has 4 nitrogen and oxygen atoms in total. The highest BCUT2D eigenvalue weighted by molar-refractivity contribution is 6.83. The maximum Gasteiger partial charge on any atom is 0.278 e. The summed E-state index contributed by atoms with van der Waals surface area (Å²) in [5.74, 6) is 0.289. The Bertz CT molecular complexity index is 292. The Morgan fingerprint density at radius 3 is 2.92 bits per heavy atom. The molecule has 0 fully saturated rings. The molecule has 0 N–H and O–H groups in total. The predicted octanol–water partition coefficient (Wildman–Crippen LogP) is 1.40. The first-order valence-corrected chi connectivity index (χ1v) is 3.48. The first-order valence-electron chi connectivity index (χ1n) is 3.10. The third-order valence-corrected chi connectivity index (χ3v) is 1.30. The van der Waals surface area contributed by atoms with E-state index in [1.165, 1.54) is 13.4 Å². The number of rotatable bonds is 3. The summed E-state index contributed by atoms with van der Waals surface area (Å²) in [4.78, 5) is 15.1. The Morgan fingerprint density at radius 1 is 1.75 bits per heavy atom. The van der Waals surface area contributed by atoms with Crippen molar-refractivity contribution >= 4 is 22.6 Å². The number of carbonyl (C=O) groups is 1. The quantitative estimate of drug-likeness (QED) is 0.408. The van der Waals surface area contributed by atoms with Crippen LogP contribution in [0.5, 0.6) is 0 Å². The van der Waals surface area contributed by atoms with Crippen LogP contribution < -0.4 is 0 Å². The Balaban J connectivity index is 2.96. The van der Waals surface area contributed by atoms with Crippen molar-refractivity contribution in [3.05, 3.63) is 24.2 Å². The number of hydrogen-bond donors (Lipinski definition) is 0. The summed E-state index contributed by atoms with van der Waals surface area (Å²) in [5.41, 5.74) is -0.0378. The molecule has 0 aliphatic heterocycles. The minimum Gasteiger partial charge on any atom is -0.462 e. The van der Waals surface area contributed by atoms with Crippen molar-refractivity contribution < 1.29 is 14.0 Å². The van der Waals surface area contributed by atoms with Gasteiger partial charge in [-0.2, -0.15) is 0 Å². The Kier molecular flexibility index (Phi) is 2.88. The SMILES string of the molecule is CON=C(C(=O)Cl)c1ccco1. The molecule has 0 radical (unpaired) electrons. The summed E-state index contributed by atoms with van der Waals surface area (Å²) in [6.07, 6.45) is 1.42. The average Bonchev–Trinajstić information content (AvgIpc) is 2.51. The molecule has 1 aromatic rings. The summed E-state index contributed by atoms with van der Waals surface area (Å²) >= 11 is 5.20. The molecule has 1 heterocycles. The van der Waals surface area contributed by atoms with Gasteiger partial charge in [0.1, 0.15) is 7.11 Å². The Hall–Kier alpha value is -1.29. The van der Waals surface area contributed by atoms with E-state index in [1.54, 1.807) is 12.1 Å². The maximum absolute atomic E-state index is 10.7. The second-order valence-corrected chi connectivity index (χ2v) is 2.22. The van der Waals surface area contributed by atoms with Gasteiger partial charge in [-0.25, -0.2) is 0 Å². The van der Waals surface area contributed by atoms with Gasteiger partial charge in [0.2, 0.25) is 5.71 Å². The molecule has 0 saturated carbocycles. The third-order valence-electron chi connectivity index (χ3n) is 1.12. The molecule has 0 aliphatic rings. The molecule has 0 unspecified atom stereocenters. The minimum atomic E-state index is -0.716. The van der Waals surface area contributed by atoms with Gasteiger partial charge in [0.05, 0.1) is 6.26 Å². The number of oxime groups is 1.